The number of morpholine rings is 1. The Morgan fingerprint density at radius 3 is 2.43 bits per heavy atom. The smallest absolute Gasteiger partial charge is 0.489 e. The number of alkyl halides is 3. The van der Waals surface area contributed by atoms with Crippen LogP contribution in [0.25, 0.3) is 10.9 Å². The molecule has 2 aromatic carbocycles. The van der Waals surface area contributed by atoms with Gasteiger partial charge < -0.3 is 29.4 Å². The van der Waals surface area contributed by atoms with Gasteiger partial charge in [-0.25, -0.2) is 9.59 Å². The fourth-order valence-electron chi connectivity index (χ4n) is 5.38. The standard InChI is InChI=1S/C31H32F3N5O7/c1-19-16-21(23-4-2-3-5-25(23)35-19)18-45-22-8-6-20(7-9-22)27(40)36-26-10-11-39(30(43)38-12-14-44-15-13-38)17-24(26)28(41)37-46-29(42)31(32,33)34/h2-9,16,24,26H,10-15,17-18H2,1H3,(H,36,40)(H,37,41)/t24-,26+/m0/s1. The third-order valence-electron chi connectivity index (χ3n) is 7.73. The number of fused-ring (bicyclic) bond motifs is 1. The van der Waals surface area contributed by atoms with Gasteiger partial charge in [0.25, 0.3) is 11.8 Å². The summed E-state index contributed by atoms with van der Waals surface area (Å²) in [6.45, 7) is 3.49. The molecule has 0 aliphatic carbocycles. The Balaban J connectivity index is 1.24. The Hall–Kier alpha value is -4.92. The van der Waals surface area contributed by atoms with E-state index in [-0.39, 0.29) is 37.7 Å². The molecular formula is C31H32F3N5O7. The van der Waals surface area contributed by atoms with E-state index in [0.29, 0.717) is 32.1 Å². The molecule has 5 rings (SSSR count). The van der Waals surface area contributed by atoms with Gasteiger partial charge in [0.2, 0.25) is 0 Å². The van der Waals surface area contributed by atoms with Gasteiger partial charge in [0, 0.05) is 54.4 Å². The molecule has 2 atom stereocenters. The van der Waals surface area contributed by atoms with Crippen molar-refractivity contribution in [1.82, 2.24) is 25.6 Å². The van der Waals surface area contributed by atoms with Crippen molar-refractivity contribution in [3.63, 3.8) is 0 Å². The number of pyridine rings is 1. The molecule has 15 heteroatoms. The summed E-state index contributed by atoms with van der Waals surface area (Å²) in [5.41, 5.74) is 4.44. The fraction of sp³-hybridized carbons (Fsp3) is 0.387. The summed E-state index contributed by atoms with van der Waals surface area (Å²) >= 11 is 0. The molecule has 0 saturated carbocycles. The maximum absolute atomic E-state index is 13.2. The first-order valence-corrected chi connectivity index (χ1v) is 14.6. The molecular weight excluding hydrogens is 611 g/mol. The molecule has 244 valence electrons. The van der Waals surface area contributed by atoms with E-state index in [1.165, 1.54) is 22.5 Å². The quantitative estimate of drug-likeness (QED) is 0.391. The van der Waals surface area contributed by atoms with Crippen molar-refractivity contribution in [1.29, 1.82) is 0 Å². The van der Waals surface area contributed by atoms with Gasteiger partial charge in [-0.05, 0) is 49.7 Å². The lowest BCUT2D eigenvalue weighted by atomic mass is 9.91. The number of nitrogens with one attached hydrogen (secondary N) is 2. The van der Waals surface area contributed by atoms with Crippen LogP contribution in [-0.4, -0.2) is 90.2 Å². The number of likely N-dealkylation sites (tertiary alicyclic amines) is 1. The van der Waals surface area contributed by atoms with Crippen LogP contribution in [0.5, 0.6) is 5.75 Å². The monoisotopic (exact) mass is 643 g/mol. The number of carbonyl (C=O) groups is 4. The maximum atomic E-state index is 13.2. The Kier molecular flexibility index (Phi) is 9.90. The summed E-state index contributed by atoms with van der Waals surface area (Å²) in [5, 5.41) is 3.71. The number of aryl methyl sites for hydroxylation is 1. The van der Waals surface area contributed by atoms with Crippen molar-refractivity contribution >= 4 is 34.7 Å². The molecule has 2 aliphatic heterocycles. The lowest BCUT2D eigenvalue weighted by Gasteiger charge is -2.40. The highest BCUT2D eigenvalue weighted by molar-refractivity contribution is 5.95. The second-order valence-corrected chi connectivity index (χ2v) is 10.9. The minimum atomic E-state index is -5.33. The molecule has 2 N–H and O–H groups in total. The summed E-state index contributed by atoms with van der Waals surface area (Å²) in [6.07, 6.45) is -5.21. The molecule has 2 aliphatic rings. The Bertz CT molecular complexity index is 1600. The Labute approximate surface area is 261 Å². The highest BCUT2D eigenvalue weighted by atomic mass is 19.4. The first-order chi connectivity index (χ1) is 22.0. The van der Waals surface area contributed by atoms with Gasteiger partial charge in [0.05, 0.1) is 24.6 Å². The first-order valence-electron chi connectivity index (χ1n) is 14.6. The van der Waals surface area contributed by atoms with E-state index in [0.717, 1.165) is 22.2 Å². The molecule has 0 bridgehead atoms. The van der Waals surface area contributed by atoms with Crippen LogP contribution in [0, 0.1) is 12.8 Å². The lowest BCUT2D eigenvalue weighted by Crippen LogP contribution is -2.59. The van der Waals surface area contributed by atoms with Crippen LogP contribution in [0.1, 0.15) is 28.0 Å². The molecule has 3 aromatic rings. The van der Waals surface area contributed by atoms with Gasteiger partial charge in [-0.15, -0.1) is 0 Å². The number of urea groups is 1. The minimum Gasteiger partial charge on any atom is -0.489 e. The van der Waals surface area contributed by atoms with Crippen LogP contribution in [-0.2, 0) is 25.8 Å². The number of hydrogen-bond donors (Lipinski definition) is 2. The summed E-state index contributed by atoms with van der Waals surface area (Å²) in [4.78, 5) is 61.8. The number of hydroxylamine groups is 1. The van der Waals surface area contributed by atoms with Crippen molar-refractivity contribution in [2.24, 2.45) is 5.92 Å². The van der Waals surface area contributed by atoms with Crippen LogP contribution < -0.4 is 15.5 Å². The second kappa shape index (κ2) is 14.0. The number of rotatable bonds is 6. The van der Waals surface area contributed by atoms with E-state index in [1.807, 2.05) is 37.3 Å². The van der Waals surface area contributed by atoms with E-state index in [1.54, 1.807) is 17.0 Å². The predicted molar refractivity (Wildman–Crippen MR) is 156 cm³/mol. The van der Waals surface area contributed by atoms with Gasteiger partial charge in [0.15, 0.2) is 0 Å². The molecule has 12 nitrogen and oxygen atoms in total. The second-order valence-electron chi connectivity index (χ2n) is 10.9. The number of hydrogen-bond acceptors (Lipinski definition) is 8. The summed E-state index contributed by atoms with van der Waals surface area (Å²) in [5.74, 6) is -4.96. The van der Waals surface area contributed by atoms with Gasteiger partial charge in [-0.3, -0.25) is 14.6 Å². The topological polar surface area (TPSA) is 139 Å². The molecule has 1 aromatic heterocycles. The summed E-state index contributed by atoms with van der Waals surface area (Å²) < 4.78 is 49.1. The Morgan fingerprint density at radius 1 is 1.00 bits per heavy atom. The molecule has 46 heavy (non-hydrogen) atoms. The fourth-order valence-corrected chi connectivity index (χ4v) is 5.38. The third-order valence-corrected chi connectivity index (χ3v) is 7.73. The highest BCUT2D eigenvalue weighted by Crippen LogP contribution is 2.23. The zero-order valence-electron chi connectivity index (χ0n) is 24.8. The van der Waals surface area contributed by atoms with Crippen molar-refractivity contribution in [2.75, 3.05) is 39.4 Å². The first kappa shape index (κ1) is 32.5. The van der Waals surface area contributed by atoms with E-state index in [4.69, 9.17) is 9.47 Å². The summed E-state index contributed by atoms with van der Waals surface area (Å²) in [6, 6.07) is 14.7. The van der Waals surface area contributed by atoms with Crippen LogP contribution in [0.15, 0.2) is 54.6 Å². The number of amides is 4. The number of nitrogens with zero attached hydrogens (tertiary/aromatic N) is 3. The molecule has 4 amide bonds. The van der Waals surface area contributed by atoms with Crippen LogP contribution in [0.3, 0.4) is 0 Å². The molecule has 0 radical (unpaired) electrons. The van der Waals surface area contributed by atoms with Gasteiger partial charge >= 0.3 is 18.2 Å². The number of halogens is 3. The van der Waals surface area contributed by atoms with Crippen molar-refractivity contribution in [2.45, 2.75) is 32.2 Å². The third kappa shape index (κ3) is 7.83. The number of aromatic nitrogens is 1. The van der Waals surface area contributed by atoms with Crippen LogP contribution in [0.2, 0.25) is 0 Å². The molecule has 2 saturated heterocycles. The predicted octanol–water partition coefficient (Wildman–Crippen LogP) is 3.13. The number of benzene rings is 2. The molecule has 0 spiro atoms. The van der Waals surface area contributed by atoms with Crippen molar-refractivity contribution in [3.05, 3.63) is 71.4 Å². The van der Waals surface area contributed by atoms with Gasteiger partial charge in [0.1, 0.15) is 12.4 Å². The molecule has 3 heterocycles. The van der Waals surface area contributed by atoms with Crippen molar-refractivity contribution < 1.29 is 46.7 Å². The molecule has 2 fully saturated rings. The zero-order chi connectivity index (χ0) is 32.8. The average Bonchev–Trinajstić information content (AvgIpc) is 3.05. The molecule has 0 unspecified atom stereocenters. The SMILES string of the molecule is Cc1cc(COc2ccc(C(=O)N[C@@H]3CCN(C(=O)N4CCOCC4)C[C@@H]3C(=O)NOC(=O)C(F)(F)F)cc2)c2ccccc2n1. The number of piperidine rings is 1. The van der Waals surface area contributed by atoms with Gasteiger partial charge in [-0.1, -0.05) is 18.2 Å². The highest BCUT2D eigenvalue weighted by Gasteiger charge is 2.43. The lowest BCUT2D eigenvalue weighted by molar-refractivity contribution is -0.208. The summed E-state index contributed by atoms with van der Waals surface area (Å²) in [7, 11) is 0. The largest absolute Gasteiger partial charge is 0.493 e. The number of carbonyl (C=O) groups excluding carboxylic acids is 4. The Morgan fingerprint density at radius 2 is 1.72 bits per heavy atom. The normalized spacial score (nSPS) is 18.5. The van der Waals surface area contributed by atoms with Crippen molar-refractivity contribution in [3.8, 4) is 5.75 Å². The van der Waals surface area contributed by atoms with Crippen LogP contribution >= 0.6 is 0 Å². The van der Waals surface area contributed by atoms with E-state index in [2.05, 4.69) is 15.1 Å². The maximum Gasteiger partial charge on any atom is 0.493 e. The van der Waals surface area contributed by atoms with E-state index >= 15 is 0 Å². The minimum absolute atomic E-state index is 0.119. The van der Waals surface area contributed by atoms with Crippen LogP contribution in [0.4, 0.5) is 18.0 Å². The van der Waals surface area contributed by atoms with E-state index in [9.17, 15) is 32.3 Å². The zero-order valence-corrected chi connectivity index (χ0v) is 24.8. The number of ether oxygens (including phenoxy) is 2. The van der Waals surface area contributed by atoms with Gasteiger partial charge in [-0.2, -0.15) is 18.7 Å². The number of para-hydroxylation sites is 1. The van der Waals surface area contributed by atoms with E-state index < -0.39 is 35.9 Å². The average molecular weight is 644 g/mol.